The van der Waals surface area contributed by atoms with E-state index in [1.807, 2.05) is 0 Å². The van der Waals surface area contributed by atoms with Gasteiger partial charge in [-0.3, -0.25) is 9.59 Å². The Morgan fingerprint density at radius 2 is 1.84 bits per heavy atom. The smallest absolute Gasteiger partial charge is 0.316 e. The Kier molecular flexibility index (Phi) is 3.63. The highest BCUT2D eigenvalue weighted by molar-refractivity contribution is 6.35. The Bertz CT molecular complexity index is 552. The number of carbonyl (C=O) groups excluding carboxylic acids is 2. The molecule has 0 N–H and O–H groups in total. The second-order valence-electron chi connectivity index (χ2n) is 5.29. The molecular formula is C14H14Cl2O3. The van der Waals surface area contributed by atoms with Crippen LogP contribution >= 0.6 is 23.2 Å². The van der Waals surface area contributed by atoms with Crippen molar-refractivity contribution in [2.45, 2.75) is 26.9 Å². The highest BCUT2D eigenvalue weighted by Crippen LogP contribution is 2.45. The molecular weight excluding hydrogens is 287 g/mol. The van der Waals surface area contributed by atoms with Crippen LogP contribution in [0.2, 0.25) is 10.0 Å². The molecule has 0 spiro atoms. The fraction of sp³-hybridized carbons (Fsp3) is 0.429. The molecule has 1 aliphatic rings. The van der Waals surface area contributed by atoms with Crippen LogP contribution in [0.25, 0.3) is 0 Å². The summed E-state index contributed by atoms with van der Waals surface area (Å²) >= 11 is 12.0. The van der Waals surface area contributed by atoms with Crippen molar-refractivity contribution in [3.05, 3.63) is 33.8 Å². The van der Waals surface area contributed by atoms with Crippen molar-refractivity contribution in [3.8, 4) is 0 Å². The van der Waals surface area contributed by atoms with Crippen LogP contribution < -0.4 is 0 Å². The van der Waals surface area contributed by atoms with Crippen molar-refractivity contribution in [2.75, 3.05) is 0 Å². The van der Waals surface area contributed by atoms with E-state index in [9.17, 15) is 9.59 Å². The predicted molar refractivity (Wildman–Crippen MR) is 73.2 cm³/mol. The summed E-state index contributed by atoms with van der Waals surface area (Å²) in [4.78, 5) is 24.0. The SMILES string of the molecule is CC1C(=O)OC(c2ccc(Cl)cc2Cl)C(C)(C)C1=O. The van der Waals surface area contributed by atoms with Gasteiger partial charge >= 0.3 is 5.97 Å². The Morgan fingerprint density at radius 3 is 2.42 bits per heavy atom. The predicted octanol–water partition coefficient (Wildman–Crippen LogP) is 3.82. The molecule has 0 radical (unpaired) electrons. The number of benzene rings is 1. The Balaban J connectivity index is 2.48. The van der Waals surface area contributed by atoms with Gasteiger partial charge in [0.25, 0.3) is 0 Å². The minimum atomic E-state index is -0.815. The molecule has 1 fully saturated rings. The molecule has 0 saturated carbocycles. The lowest BCUT2D eigenvalue weighted by atomic mass is 9.73. The van der Waals surface area contributed by atoms with Gasteiger partial charge in [0.2, 0.25) is 0 Å². The summed E-state index contributed by atoms with van der Waals surface area (Å²) in [6, 6.07) is 4.92. The zero-order chi connectivity index (χ0) is 14.4. The quantitative estimate of drug-likeness (QED) is 0.585. The molecule has 2 unspecified atom stereocenters. The number of hydrogen-bond donors (Lipinski definition) is 0. The lowest BCUT2D eigenvalue weighted by molar-refractivity contribution is -0.177. The molecule has 1 saturated heterocycles. The molecule has 1 aromatic rings. The van der Waals surface area contributed by atoms with Crippen molar-refractivity contribution in [1.82, 2.24) is 0 Å². The maximum Gasteiger partial charge on any atom is 0.316 e. The Morgan fingerprint density at radius 1 is 1.21 bits per heavy atom. The summed E-state index contributed by atoms with van der Waals surface area (Å²) in [5, 5.41) is 0.883. The van der Waals surface area contributed by atoms with Crippen LogP contribution in [0.5, 0.6) is 0 Å². The molecule has 3 nitrogen and oxygen atoms in total. The van der Waals surface area contributed by atoms with Crippen LogP contribution in [0.3, 0.4) is 0 Å². The van der Waals surface area contributed by atoms with Crippen molar-refractivity contribution < 1.29 is 14.3 Å². The summed E-state index contributed by atoms with van der Waals surface area (Å²) in [5.41, 5.74) is -0.213. The van der Waals surface area contributed by atoms with Crippen LogP contribution in [-0.4, -0.2) is 11.8 Å². The van der Waals surface area contributed by atoms with E-state index < -0.39 is 23.4 Å². The Labute approximate surface area is 121 Å². The summed E-state index contributed by atoms with van der Waals surface area (Å²) < 4.78 is 5.40. The Hall–Kier alpha value is -1.06. The largest absolute Gasteiger partial charge is 0.456 e. The fourth-order valence-electron chi connectivity index (χ4n) is 2.33. The van der Waals surface area contributed by atoms with Crippen LogP contribution in [-0.2, 0) is 14.3 Å². The van der Waals surface area contributed by atoms with Crippen molar-refractivity contribution in [2.24, 2.45) is 11.3 Å². The number of ether oxygens (including phenoxy) is 1. The fourth-order valence-corrected chi connectivity index (χ4v) is 2.83. The van der Waals surface area contributed by atoms with Crippen LogP contribution in [0.1, 0.15) is 32.4 Å². The minimum Gasteiger partial charge on any atom is -0.456 e. The monoisotopic (exact) mass is 300 g/mol. The van der Waals surface area contributed by atoms with Gasteiger partial charge in [-0.25, -0.2) is 0 Å². The summed E-state index contributed by atoms with van der Waals surface area (Å²) in [6.45, 7) is 5.08. The number of hydrogen-bond acceptors (Lipinski definition) is 3. The first-order chi connectivity index (χ1) is 8.75. The summed E-state index contributed by atoms with van der Waals surface area (Å²) in [6.07, 6.45) is -0.687. The number of halogens is 2. The third-order valence-electron chi connectivity index (χ3n) is 3.52. The molecule has 0 amide bonds. The molecule has 19 heavy (non-hydrogen) atoms. The van der Waals surface area contributed by atoms with E-state index in [-0.39, 0.29) is 5.78 Å². The maximum absolute atomic E-state index is 12.2. The molecule has 1 aliphatic heterocycles. The van der Waals surface area contributed by atoms with E-state index in [0.29, 0.717) is 15.6 Å². The van der Waals surface area contributed by atoms with Gasteiger partial charge in [0.15, 0.2) is 5.78 Å². The molecule has 1 heterocycles. The average molecular weight is 301 g/mol. The molecule has 0 aliphatic carbocycles. The van der Waals surface area contributed by atoms with E-state index in [1.165, 1.54) is 0 Å². The number of esters is 1. The standard InChI is InChI=1S/C14H14Cl2O3/c1-7-11(17)14(2,3)12(19-13(7)18)9-5-4-8(15)6-10(9)16/h4-7,12H,1-3H3. The van der Waals surface area contributed by atoms with Gasteiger partial charge in [-0.1, -0.05) is 29.3 Å². The zero-order valence-electron chi connectivity index (χ0n) is 10.9. The number of Topliss-reactive ketones (excluding diaryl/α,β-unsaturated/α-hetero) is 1. The molecule has 102 valence electrons. The van der Waals surface area contributed by atoms with E-state index in [2.05, 4.69) is 0 Å². The van der Waals surface area contributed by atoms with Crippen molar-refractivity contribution in [3.63, 3.8) is 0 Å². The number of carbonyl (C=O) groups is 2. The van der Waals surface area contributed by atoms with Gasteiger partial charge in [0.1, 0.15) is 12.0 Å². The van der Waals surface area contributed by atoms with Crippen molar-refractivity contribution >= 4 is 35.0 Å². The molecule has 5 heteroatoms. The molecule has 2 rings (SSSR count). The normalized spacial score (nSPS) is 26.2. The van der Waals surface area contributed by atoms with Crippen LogP contribution in [0, 0.1) is 11.3 Å². The summed E-state index contributed by atoms with van der Waals surface area (Å²) in [7, 11) is 0. The topological polar surface area (TPSA) is 43.4 Å². The third kappa shape index (κ3) is 2.37. The second kappa shape index (κ2) is 4.80. The zero-order valence-corrected chi connectivity index (χ0v) is 12.4. The van der Waals surface area contributed by atoms with E-state index in [0.717, 1.165) is 0 Å². The first-order valence-electron chi connectivity index (χ1n) is 5.95. The minimum absolute atomic E-state index is 0.139. The lowest BCUT2D eigenvalue weighted by Crippen LogP contribution is -2.46. The number of cyclic esters (lactones) is 1. The first-order valence-corrected chi connectivity index (χ1v) is 6.70. The van der Waals surface area contributed by atoms with E-state index >= 15 is 0 Å². The lowest BCUT2D eigenvalue weighted by Gasteiger charge is -2.39. The molecule has 2 atom stereocenters. The third-order valence-corrected chi connectivity index (χ3v) is 4.08. The van der Waals surface area contributed by atoms with Gasteiger partial charge in [0, 0.05) is 15.6 Å². The average Bonchev–Trinajstić information content (AvgIpc) is 2.33. The van der Waals surface area contributed by atoms with Gasteiger partial charge < -0.3 is 4.74 Å². The van der Waals surface area contributed by atoms with E-state index in [1.54, 1.807) is 39.0 Å². The van der Waals surface area contributed by atoms with Crippen molar-refractivity contribution in [1.29, 1.82) is 0 Å². The summed E-state index contributed by atoms with van der Waals surface area (Å²) in [5.74, 6) is -1.39. The van der Waals surface area contributed by atoms with E-state index in [4.69, 9.17) is 27.9 Å². The number of ketones is 1. The van der Waals surface area contributed by atoms with Gasteiger partial charge in [0.05, 0.1) is 5.41 Å². The molecule has 1 aromatic carbocycles. The van der Waals surface area contributed by atoms with Crippen LogP contribution in [0.4, 0.5) is 0 Å². The highest BCUT2D eigenvalue weighted by Gasteiger charge is 2.49. The number of rotatable bonds is 1. The van der Waals surface area contributed by atoms with Gasteiger partial charge in [-0.15, -0.1) is 0 Å². The highest BCUT2D eigenvalue weighted by atomic mass is 35.5. The molecule has 0 aromatic heterocycles. The maximum atomic E-state index is 12.2. The van der Waals surface area contributed by atoms with Gasteiger partial charge in [-0.05, 0) is 32.9 Å². The van der Waals surface area contributed by atoms with Crippen LogP contribution in [0.15, 0.2) is 18.2 Å². The first kappa shape index (κ1) is 14.4. The second-order valence-corrected chi connectivity index (χ2v) is 6.13. The van der Waals surface area contributed by atoms with Gasteiger partial charge in [-0.2, -0.15) is 0 Å². The molecule has 0 bridgehead atoms.